The van der Waals surface area contributed by atoms with Crippen LogP contribution in [0.1, 0.15) is 5.69 Å². The van der Waals surface area contributed by atoms with Gasteiger partial charge in [0.25, 0.3) is 0 Å². The summed E-state index contributed by atoms with van der Waals surface area (Å²) in [5.41, 5.74) is 1.90. The number of anilines is 1. The lowest BCUT2D eigenvalue weighted by Gasteiger charge is -2.07. The Morgan fingerprint density at radius 1 is 1.19 bits per heavy atom. The summed E-state index contributed by atoms with van der Waals surface area (Å²) < 4.78 is 29.1. The van der Waals surface area contributed by atoms with E-state index >= 15 is 0 Å². The fourth-order valence-corrected chi connectivity index (χ4v) is 2.57. The summed E-state index contributed by atoms with van der Waals surface area (Å²) in [7, 11) is 1.85. The standard InChI is InChI=1S/C15H12BrF2N3/c1-21-15-5-3-2-4-9(15)14(20-21)8-19-13-7-11(17)10(16)6-12(13)18/h2-7,19H,8H2,1H3. The summed E-state index contributed by atoms with van der Waals surface area (Å²) in [5, 5.41) is 8.29. The van der Waals surface area contributed by atoms with Gasteiger partial charge in [-0.1, -0.05) is 18.2 Å². The third-order valence-electron chi connectivity index (χ3n) is 3.29. The third kappa shape index (κ3) is 2.63. The fraction of sp³-hybridized carbons (Fsp3) is 0.133. The molecule has 3 aromatic rings. The molecule has 1 aromatic heterocycles. The number of benzene rings is 2. The molecule has 108 valence electrons. The van der Waals surface area contributed by atoms with Crippen molar-refractivity contribution in [1.82, 2.24) is 9.78 Å². The molecule has 1 heterocycles. The van der Waals surface area contributed by atoms with E-state index in [-0.39, 0.29) is 10.2 Å². The molecule has 2 aromatic carbocycles. The molecule has 0 amide bonds. The summed E-state index contributed by atoms with van der Waals surface area (Å²) >= 11 is 2.95. The topological polar surface area (TPSA) is 29.9 Å². The zero-order chi connectivity index (χ0) is 15.0. The Labute approximate surface area is 128 Å². The molecule has 0 atom stereocenters. The minimum Gasteiger partial charge on any atom is -0.377 e. The highest BCUT2D eigenvalue weighted by Crippen LogP contribution is 2.24. The van der Waals surface area contributed by atoms with E-state index in [1.165, 1.54) is 0 Å². The molecule has 3 nitrogen and oxygen atoms in total. The van der Waals surface area contributed by atoms with Crippen LogP contribution in [0.25, 0.3) is 10.9 Å². The van der Waals surface area contributed by atoms with Gasteiger partial charge >= 0.3 is 0 Å². The van der Waals surface area contributed by atoms with Crippen molar-refractivity contribution < 1.29 is 8.78 Å². The number of hydrogen-bond donors (Lipinski definition) is 1. The van der Waals surface area contributed by atoms with E-state index in [0.29, 0.717) is 6.54 Å². The second-order valence-corrected chi connectivity index (χ2v) is 5.54. The van der Waals surface area contributed by atoms with Crippen LogP contribution in [0.5, 0.6) is 0 Å². The lowest BCUT2D eigenvalue weighted by molar-refractivity contribution is 0.596. The van der Waals surface area contributed by atoms with Gasteiger partial charge in [-0.3, -0.25) is 4.68 Å². The van der Waals surface area contributed by atoms with Crippen molar-refractivity contribution in [3.8, 4) is 0 Å². The number of aromatic nitrogens is 2. The van der Waals surface area contributed by atoms with Crippen molar-refractivity contribution in [2.45, 2.75) is 6.54 Å². The van der Waals surface area contributed by atoms with E-state index < -0.39 is 11.6 Å². The lowest BCUT2D eigenvalue weighted by atomic mass is 10.2. The summed E-state index contributed by atoms with van der Waals surface area (Å²) in [6.07, 6.45) is 0. The van der Waals surface area contributed by atoms with E-state index in [2.05, 4.69) is 26.3 Å². The SMILES string of the molecule is Cn1nc(CNc2cc(F)c(Br)cc2F)c2ccccc21. The highest BCUT2D eigenvalue weighted by atomic mass is 79.9. The number of rotatable bonds is 3. The maximum atomic E-state index is 13.8. The zero-order valence-electron chi connectivity index (χ0n) is 11.2. The van der Waals surface area contributed by atoms with Crippen molar-refractivity contribution in [1.29, 1.82) is 0 Å². The molecular weight excluding hydrogens is 340 g/mol. The second-order valence-electron chi connectivity index (χ2n) is 4.69. The van der Waals surface area contributed by atoms with Gasteiger partial charge in [0.2, 0.25) is 0 Å². The first kappa shape index (κ1) is 14.0. The van der Waals surface area contributed by atoms with Crippen molar-refractivity contribution in [3.63, 3.8) is 0 Å². The smallest absolute Gasteiger partial charge is 0.147 e. The molecule has 1 N–H and O–H groups in total. The Morgan fingerprint density at radius 2 is 1.95 bits per heavy atom. The molecular formula is C15H12BrF2N3. The molecule has 0 bridgehead atoms. The van der Waals surface area contributed by atoms with E-state index in [0.717, 1.165) is 28.7 Å². The number of hydrogen-bond acceptors (Lipinski definition) is 2. The van der Waals surface area contributed by atoms with Crippen molar-refractivity contribution in [2.75, 3.05) is 5.32 Å². The Kier molecular flexibility index (Phi) is 3.63. The second kappa shape index (κ2) is 5.44. The van der Waals surface area contributed by atoms with Crippen LogP contribution in [0, 0.1) is 11.6 Å². The zero-order valence-corrected chi connectivity index (χ0v) is 12.8. The van der Waals surface area contributed by atoms with Gasteiger partial charge < -0.3 is 5.32 Å². The number of halogens is 3. The van der Waals surface area contributed by atoms with Crippen molar-refractivity contribution >= 4 is 32.5 Å². The molecule has 0 aliphatic heterocycles. The van der Waals surface area contributed by atoms with E-state index in [1.54, 1.807) is 4.68 Å². The molecule has 0 saturated carbocycles. The van der Waals surface area contributed by atoms with Gasteiger partial charge in [0.05, 0.1) is 27.9 Å². The van der Waals surface area contributed by atoms with E-state index in [9.17, 15) is 8.78 Å². The van der Waals surface area contributed by atoms with E-state index in [4.69, 9.17) is 0 Å². The molecule has 3 rings (SSSR count). The van der Waals surface area contributed by atoms with Gasteiger partial charge in [0.15, 0.2) is 0 Å². The first-order chi connectivity index (χ1) is 10.1. The predicted octanol–water partition coefficient (Wildman–Crippen LogP) is 4.23. The van der Waals surface area contributed by atoms with Gasteiger partial charge in [-0.2, -0.15) is 5.10 Å². The Morgan fingerprint density at radius 3 is 2.76 bits per heavy atom. The fourth-order valence-electron chi connectivity index (χ4n) is 2.26. The highest BCUT2D eigenvalue weighted by Gasteiger charge is 2.11. The van der Waals surface area contributed by atoms with Gasteiger partial charge in [-0.05, 0) is 28.1 Å². The van der Waals surface area contributed by atoms with Crippen LogP contribution in [0.4, 0.5) is 14.5 Å². The minimum absolute atomic E-state index is 0.105. The van der Waals surface area contributed by atoms with Crippen molar-refractivity contribution in [2.24, 2.45) is 7.05 Å². The average molecular weight is 352 g/mol. The molecule has 0 radical (unpaired) electrons. The van der Waals surface area contributed by atoms with Gasteiger partial charge in [0.1, 0.15) is 11.6 Å². The van der Waals surface area contributed by atoms with Crippen LogP contribution in [-0.4, -0.2) is 9.78 Å². The maximum Gasteiger partial charge on any atom is 0.147 e. The average Bonchev–Trinajstić information content (AvgIpc) is 2.79. The Hall–Kier alpha value is -1.95. The molecule has 0 fully saturated rings. The molecule has 21 heavy (non-hydrogen) atoms. The quantitative estimate of drug-likeness (QED) is 0.715. The largest absolute Gasteiger partial charge is 0.377 e. The molecule has 0 saturated heterocycles. The van der Waals surface area contributed by atoms with Crippen LogP contribution in [0.2, 0.25) is 0 Å². The van der Waals surface area contributed by atoms with E-state index in [1.807, 2.05) is 31.3 Å². The summed E-state index contributed by atoms with van der Waals surface area (Å²) in [6, 6.07) is 10.0. The van der Waals surface area contributed by atoms with Crippen LogP contribution >= 0.6 is 15.9 Å². The Bertz CT molecular complexity index is 814. The first-order valence-electron chi connectivity index (χ1n) is 6.35. The maximum absolute atomic E-state index is 13.8. The van der Waals surface area contributed by atoms with Crippen molar-refractivity contribution in [3.05, 3.63) is 58.2 Å². The summed E-state index contributed by atoms with van der Waals surface area (Å²) in [5.74, 6) is -1.02. The predicted molar refractivity (Wildman–Crippen MR) is 82.1 cm³/mol. The van der Waals surface area contributed by atoms with Crippen LogP contribution in [0.15, 0.2) is 40.9 Å². The number of para-hydroxylation sites is 1. The summed E-state index contributed by atoms with van der Waals surface area (Å²) in [6.45, 7) is 0.319. The van der Waals surface area contributed by atoms with Crippen LogP contribution in [0.3, 0.4) is 0 Å². The number of nitrogens with one attached hydrogen (secondary N) is 1. The molecule has 0 unspecified atom stereocenters. The highest BCUT2D eigenvalue weighted by molar-refractivity contribution is 9.10. The van der Waals surface area contributed by atoms with Gasteiger partial charge in [-0.25, -0.2) is 8.78 Å². The third-order valence-corrected chi connectivity index (χ3v) is 3.90. The van der Waals surface area contributed by atoms with Gasteiger partial charge in [0, 0.05) is 18.5 Å². The normalized spacial score (nSPS) is 11.0. The minimum atomic E-state index is -0.511. The molecule has 6 heteroatoms. The first-order valence-corrected chi connectivity index (χ1v) is 7.14. The Balaban J connectivity index is 1.89. The van der Waals surface area contributed by atoms with Crippen LogP contribution < -0.4 is 5.32 Å². The van der Waals surface area contributed by atoms with Gasteiger partial charge in [-0.15, -0.1) is 0 Å². The molecule has 0 aliphatic rings. The number of aryl methyl sites for hydroxylation is 1. The lowest BCUT2D eigenvalue weighted by Crippen LogP contribution is -2.04. The number of fused-ring (bicyclic) bond motifs is 1. The van der Waals surface area contributed by atoms with Crippen LogP contribution in [-0.2, 0) is 13.6 Å². The molecule has 0 spiro atoms. The monoisotopic (exact) mass is 351 g/mol. The molecule has 0 aliphatic carbocycles. The summed E-state index contributed by atoms with van der Waals surface area (Å²) in [4.78, 5) is 0. The number of nitrogens with zero attached hydrogens (tertiary/aromatic N) is 2.